The van der Waals surface area contributed by atoms with Gasteiger partial charge in [0.2, 0.25) is 11.8 Å². The Hall–Kier alpha value is -3.79. The zero-order chi connectivity index (χ0) is 17.6. The van der Waals surface area contributed by atoms with Gasteiger partial charge in [0, 0.05) is 0 Å². The first-order valence-electron chi connectivity index (χ1n) is 7.52. The number of nitrogens with zero attached hydrogens (tertiary/aromatic N) is 1. The lowest BCUT2D eigenvalue weighted by Gasteiger charge is -2.25. The van der Waals surface area contributed by atoms with Crippen LogP contribution in [0, 0.1) is 11.3 Å². The fourth-order valence-corrected chi connectivity index (χ4v) is 3.20. The van der Waals surface area contributed by atoms with Gasteiger partial charge in [0.25, 0.3) is 5.56 Å². The number of hydrogen-bond donors (Lipinski definition) is 3. The second-order valence-corrected chi connectivity index (χ2v) is 5.64. The third-order valence-electron chi connectivity index (χ3n) is 4.25. The zero-order valence-corrected chi connectivity index (χ0v) is 12.9. The minimum absolute atomic E-state index is 0.0387. The molecule has 0 aliphatic carbocycles. The number of allylic oxidation sites excluding steroid dienone is 1. The van der Waals surface area contributed by atoms with E-state index in [1.807, 2.05) is 48.5 Å². The van der Waals surface area contributed by atoms with Crippen LogP contribution in [0.1, 0.15) is 17.0 Å². The highest BCUT2D eigenvalue weighted by atomic mass is 16.5. The minimum Gasteiger partial charge on any atom is -0.424 e. The van der Waals surface area contributed by atoms with Crippen molar-refractivity contribution in [2.24, 2.45) is 5.73 Å². The van der Waals surface area contributed by atoms with E-state index in [4.69, 9.17) is 10.5 Å². The van der Waals surface area contributed by atoms with Gasteiger partial charge in [-0.3, -0.25) is 14.8 Å². The van der Waals surface area contributed by atoms with Gasteiger partial charge >= 0.3 is 5.69 Å². The molecule has 0 bridgehead atoms. The van der Waals surface area contributed by atoms with E-state index in [-0.39, 0.29) is 22.9 Å². The van der Waals surface area contributed by atoms with Gasteiger partial charge in [0.15, 0.2) is 0 Å². The fraction of sp³-hybridized carbons (Fsp3) is 0.0556. The Bertz CT molecular complexity index is 1190. The number of H-pyrrole nitrogens is 2. The Balaban J connectivity index is 2.11. The number of nitriles is 1. The Morgan fingerprint density at radius 2 is 1.84 bits per heavy atom. The molecule has 2 heterocycles. The summed E-state index contributed by atoms with van der Waals surface area (Å²) in [7, 11) is 0. The molecule has 4 N–H and O–H groups in total. The van der Waals surface area contributed by atoms with Gasteiger partial charge < -0.3 is 10.5 Å². The van der Waals surface area contributed by atoms with Crippen LogP contribution < -0.4 is 21.7 Å². The number of nitrogens with two attached hydrogens (primary N) is 1. The van der Waals surface area contributed by atoms with Crippen molar-refractivity contribution in [3.05, 3.63) is 85.9 Å². The SMILES string of the molecule is N#CC1=C(N)Oc2[nH]c(=O)[nH]c(=O)c2[C@H]1c1cccc2ccccc12. The van der Waals surface area contributed by atoms with Gasteiger partial charge in [-0.25, -0.2) is 4.79 Å². The monoisotopic (exact) mass is 332 g/mol. The summed E-state index contributed by atoms with van der Waals surface area (Å²) in [5.41, 5.74) is 5.58. The van der Waals surface area contributed by atoms with Crippen LogP contribution in [0.2, 0.25) is 0 Å². The maximum Gasteiger partial charge on any atom is 0.328 e. The van der Waals surface area contributed by atoms with Crippen LogP contribution in [0.15, 0.2) is 63.5 Å². The van der Waals surface area contributed by atoms with Gasteiger partial charge in [0.1, 0.15) is 11.6 Å². The van der Waals surface area contributed by atoms with Crippen molar-refractivity contribution in [1.82, 2.24) is 9.97 Å². The van der Waals surface area contributed by atoms with Crippen LogP contribution in [0.3, 0.4) is 0 Å². The molecule has 25 heavy (non-hydrogen) atoms. The van der Waals surface area contributed by atoms with Crippen LogP contribution in [0.25, 0.3) is 10.8 Å². The third kappa shape index (κ3) is 2.20. The number of aromatic amines is 2. The maximum absolute atomic E-state index is 12.4. The average Bonchev–Trinajstić information content (AvgIpc) is 2.60. The molecule has 0 saturated heterocycles. The molecule has 0 radical (unpaired) electrons. The van der Waals surface area contributed by atoms with Gasteiger partial charge in [-0.05, 0) is 16.3 Å². The van der Waals surface area contributed by atoms with Gasteiger partial charge in [-0.15, -0.1) is 0 Å². The summed E-state index contributed by atoms with van der Waals surface area (Å²) < 4.78 is 5.32. The van der Waals surface area contributed by atoms with E-state index in [0.29, 0.717) is 0 Å². The second-order valence-electron chi connectivity index (χ2n) is 5.64. The highest BCUT2D eigenvalue weighted by Crippen LogP contribution is 2.40. The number of hydrogen-bond acceptors (Lipinski definition) is 5. The molecule has 2 aromatic carbocycles. The Kier molecular flexibility index (Phi) is 3.18. The third-order valence-corrected chi connectivity index (χ3v) is 4.25. The van der Waals surface area contributed by atoms with Gasteiger partial charge in [-0.2, -0.15) is 5.26 Å². The predicted molar refractivity (Wildman–Crippen MR) is 90.9 cm³/mol. The van der Waals surface area contributed by atoms with Crippen LogP contribution >= 0.6 is 0 Å². The lowest BCUT2D eigenvalue weighted by Crippen LogP contribution is -2.33. The van der Waals surface area contributed by atoms with Crippen LogP contribution in [-0.4, -0.2) is 9.97 Å². The van der Waals surface area contributed by atoms with Crippen molar-refractivity contribution >= 4 is 10.8 Å². The summed E-state index contributed by atoms with van der Waals surface area (Å²) >= 11 is 0. The molecule has 1 aliphatic rings. The Morgan fingerprint density at radius 1 is 1.08 bits per heavy atom. The lowest BCUT2D eigenvalue weighted by molar-refractivity contribution is 0.373. The first-order valence-corrected chi connectivity index (χ1v) is 7.52. The summed E-state index contributed by atoms with van der Waals surface area (Å²) in [5, 5.41) is 11.4. The van der Waals surface area contributed by atoms with Gasteiger partial charge in [-0.1, -0.05) is 42.5 Å². The van der Waals surface area contributed by atoms with E-state index in [1.165, 1.54) is 0 Å². The molecule has 0 amide bonds. The van der Waals surface area contributed by atoms with Gasteiger partial charge in [0.05, 0.1) is 11.5 Å². The largest absolute Gasteiger partial charge is 0.424 e. The molecule has 1 aliphatic heterocycles. The fourth-order valence-electron chi connectivity index (χ4n) is 3.20. The number of aromatic nitrogens is 2. The molecular formula is C18H12N4O3. The molecular weight excluding hydrogens is 320 g/mol. The molecule has 3 aromatic rings. The van der Waals surface area contributed by atoms with Crippen molar-refractivity contribution in [2.75, 3.05) is 0 Å². The van der Waals surface area contributed by atoms with Crippen molar-refractivity contribution in [1.29, 1.82) is 5.26 Å². The van der Waals surface area contributed by atoms with E-state index in [0.717, 1.165) is 16.3 Å². The Morgan fingerprint density at radius 3 is 2.64 bits per heavy atom. The van der Waals surface area contributed by atoms with E-state index < -0.39 is 17.2 Å². The second kappa shape index (κ2) is 5.39. The molecule has 0 fully saturated rings. The summed E-state index contributed by atoms with van der Waals surface area (Å²) in [4.78, 5) is 28.6. The molecule has 122 valence electrons. The Labute approximate surface area is 141 Å². The molecule has 0 spiro atoms. The smallest absolute Gasteiger partial charge is 0.328 e. The lowest BCUT2D eigenvalue weighted by atomic mass is 9.83. The van der Waals surface area contributed by atoms with Crippen LogP contribution in [0.5, 0.6) is 5.88 Å². The van der Waals surface area contributed by atoms with E-state index >= 15 is 0 Å². The first-order chi connectivity index (χ1) is 12.1. The summed E-state index contributed by atoms with van der Waals surface area (Å²) in [6, 6.07) is 15.3. The van der Waals surface area contributed by atoms with Crippen molar-refractivity contribution in [3.63, 3.8) is 0 Å². The quantitative estimate of drug-likeness (QED) is 0.622. The molecule has 1 aromatic heterocycles. The summed E-state index contributed by atoms with van der Waals surface area (Å²) in [6.07, 6.45) is 0. The molecule has 0 saturated carbocycles. The van der Waals surface area contributed by atoms with Crippen LogP contribution in [0.4, 0.5) is 0 Å². The number of rotatable bonds is 1. The number of ether oxygens (including phenoxy) is 1. The minimum atomic E-state index is -0.736. The van der Waals surface area contributed by atoms with E-state index in [1.54, 1.807) is 0 Å². The molecule has 1 atom stereocenters. The molecule has 7 heteroatoms. The first kappa shape index (κ1) is 14.8. The van der Waals surface area contributed by atoms with Crippen molar-refractivity contribution < 1.29 is 4.74 Å². The zero-order valence-electron chi connectivity index (χ0n) is 12.9. The predicted octanol–water partition coefficient (Wildman–Crippen LogP) is 1.43. The molecule has 4 rings (SSSR count). The van der Waals surface area contributed by atoms with Crippen molar-refractivity contribution in [2.45, 2.75) is 5.92 Å². The highest BCUT2D eigenvalue weighted by molar-refractivity contribution is 5.87. The average molecular weight is 332 g/mol. The maximum atomic E-state index is 12.4. The molecule has 7 nitrogen and oxygen atoms in total. The van der Waals surface area contributed by atoms with E-state index in [9.17, 15) is 14.9 Å². The van der Waals surface area contributed by atoms with Crippen LogP contribution in [-0.2, 0) is 0 Å². The summed E-state index contributed by atoms with van der Waals surface area (Å²) in [5.74, 6) is -0.905. The molecule has 0 unspecified atom stereocenters. The van der Waals surface area contributed by atoms with Crippen molar-refractivity contribution in [3.8, 4) is 11.9 Å². The normalized spacial score (nSPS) is 16.2. The standard InChI is InChI=1S/C18H12N4O3/c19-8-12-13(11-7-3-5-9-4-1-2-6-10(9)11)14-16(23)21-18(24)22-17(14)25-15(12)20/h1-7,13H,20H2,(H2,21,22,23,24)/t13-/m0/s1. The van der Waals surface area contributed by atoms with E-state index in [2.05, 4.69) is 9.97 Å². The number of benzene rings is 2. The highest BCUT2D eigenvalue weighted by Gasteiger charge is 2.34. The topological polar surface area (TPSA) is 125 Å². The summed E-state index contributed by atoms with van der Waals surface area (Å²) in [6.45, 7) is 0. The number of fused-ring (bicyclic) bond motifs is 2. The number of nitrogens with one attached hydrogen (secondary N) is 2.